The summed E-state index contributed by atoms with van der Waals surface area (Å²) in [5.74, 6) is -0.542. The molecular weight excluding hydrogens is 228 g/mol. The molecule has 0 bridgehead atoms. The monoisotopic (exact) mass is 248 g/mol. The van der Waals surface area contributed by atoms with Gasteiger partial charge < -0.3 is 9.84 Å². The Morgan fingerprint density at radius 2 is 2.06 bits per heavy atom. The molecule has 1 aromatic rings. The van der Waals surface area contributed by atoms with Gasteiger partial charge in [0.2, 0.25) is 0 Å². The van der Waals surface area contributed by atoms with E-state index in [1.807, 2.05) is 39.0 Å². The van der Waals surface area contributed by atoms with Gasteiger partial charge >= 0.3 is 5.97 Å². The summed E-state index contributed by atoms with van der Waals surface area (Å²) < 4.78 is 5.15. The summed E-state index contributed by atoms with van der Waals surface area (Å²) in [7, 11) is 0. The van der Waals surface area contributed by atoms with Crippen LogP contribution in [0.2, 0.25) is 0 Å². The van der Waals surface area contributed by atoms with Crippen molar-refractivity contribution in [3.63, 3.8) is 0 Å². The van der Waals surface area contributed by atoms with Crippen LogP contribution in [0.5, 0.6) is 0 Å². The Hall–Kier alpha value is -1.61. The first-order valence-corrected chi connectivity index (χ1v) is 6.10. The van der Waals surface area contributed by atoms with E-state index in [4.69, 9.17) is 4.74 Å². The van der Waals surface area contributed by atoms with Crippen LogP contribution in [0.25, 0.3) is 0 Å². The number of ether oxygens (including phenoxy) is 1. The molecule has 1 N–H and O–H groups in total. The lowest BCUT2D eigenvalue weighted by atomic mass is 9.98. The Kier molecular flexibility index (Phi) is 5.10. The molecule has 2 atom stereocenters. The Bertz CT molecular complexity index is 437. The van der Waals surface area contributed by atoms with Gasteiger partial charge in [0.25, 0.3) is 0 Å². The van der Waals surface area contributed by atoms with E-state index in [0.717, 1.165) is 12.0 Å². The van der Waals surface area contributed by atoms with Crippen molar-refractivity contribution in [3.05, 3.63) is 47.5 Å². The van der Waals surface area contributed by atoms with Gasteiger partial charge in [0.1, 0.15) is 6.10 Å². The van der Waals surface area contributed by atoms with Crippen LogP contribution in [0.3, 0.4) is 0 Å². The van der Waals surface area contributed by atoms with E-state index in [-0.39, 0.29) is 11.7 Å². The Balaban J connectivity index is 2.79. The number of hydrogen-bond donors (Lipinski definition) is 1. The highest BCUT2D eigenvalue weighted by Gasteiger charge is 2.21. The van der Waals surface area contributed by atoms with Crippen LogP contribution in [0.1, 0.15) is 37.5 Å². The number of carbonyl (C=O) groups excluding carboxylic acids is 1. The lowest BCUT2D eigenvalue weighted by Crippen LogP contribution is -2.19. The Morgan fingerprint density at radius 1 is 1.44 bits per heavy atom. The number of esters is 1. The van der Waals surface area contributed by atoms with E-state index in [1.54, 1.807) is 6.07 Å². The number of aliphatic hydroxyl groups excluding tert-OH is 1. The third kappa shape index (κ3) is 3.44. The van der Waals surface area contributed by atoms with Gasteiger partial charge in [-0.25, -0.2) is 4.79 Å². The zero-order chi connectivity index (χ0) is 13.7. The molecular formula is C15H20O3. The molecule has 0 radical (unpaired) electrons. The molecule has 18 heavy (non-hydrogen) atoms. The van der Waals surface area contributed by atoms with Crippen molar-refractivity contribution in [2.75, 3.05) is 0 Å². The first-order chi connectivity index (χ1) is 8.47. The molecule has 0 amide bonds. The average molecular weight is 248 g/mol. The quantitative estimate of drug-likeness (QED) is 0.643. The minimum Gasteiger partial charge on any atom is -0.459 e. The SMILES string of the molecule is C=C(C(=O)OC(C)CC)C(O)c1ccccc1C. The van der Waals surface area contributed by atoms with Crippen LogP contribution in [0.15, 0.2) is 36.4 Å². The molecule has 0 fully saturated rings. The predicted molar refractivity (Wildman–Crippen MR) is 71.1 cm³/mol. The summed E-state index contributed by atoms with van der Waals surface area (Å²) in [5.41, 5.74) is 1.68. The molecule has 0 heterocycles. The summed E-state index contributed by atoms with van der Waals surface area (Å²) in [6.45, 7) is 9.26. The number of rotatable bonds is 5. The average Bonchev–Trinajstić information content (AvgIpc) is 2.37. The molecule has 3 nitrogen and oxygen atoms in total. The number of hydrogen-bond acceptors (Lipinski definition) is 3. The van der Waals surface area contributed by atoms with E-state index in [0.29, 0.717) is 5.56 Å². The van der Waals surface area contributed by atoms with Crippen molar-refractivity contribution in [2.24, 2.45) is 0 Å². The van der Waals surface area contributed by atoms with E-state index >= 15 is 0 Å². The van der Waals surface area contributed by atoms with Crippen LogP contribution in [0.4, 0.5) is 0 Å². The van der Waals surface area contributed by atoms with Crippen molar-refractivity contribution in [2.45, 2.75) is 39.4 Å². The van der Waals surface area contributed by atoms with Crippen molar-refractivity contribution >= 4 is 5.97 Å². The van der Waals surface area contributed by atoms with Gasteiger partial charge in [-0.05, 0) is 31.4 Å². The highest BCUT2D eigenvalue weighted by molar-refractivity contribution is 5.89. The number of aryl methyl sites for hydroxylation is 1. The second kappa shape index (κ2) is 6.36. The molecule has 98 valence electrons. The van der Waals surface area contributed by atoms with E-state index in [1.165, 1.54) is 0 Å². The van der Waals surface area contributed by atoms with Crippen LogP contribution >= 0.6 is 0 Å². The maximum absolute atomic E-state index is 11.8. The van der Waals surface area contributed by atoms with E-state index in [9.17, 15) is 9.90 Å². The second-order valence-corrected chi connectivity index (χ2v) is 4.41. The molecule has 0 aliphatic carbocycles. The van der Waals surface area contributed by atoms with Crippen LogP contribution < -0.4 is 0 Å². The van der Waals surface area contributed by atoms with Crippen molar-refractivity contribution in [3.8, 4) is 0 Å². The molecule has 0 aromatic heterocycles. The van der Waals surface area contributed by atoms with Gasteiger partial charge in [-0.15, -0.1) is 0 Å². The second-order valence-electron chi connectivity index (χ2n) is 4.41. The normalized spacial score (nSPS) is 13.8. The minimum atomic E-state index is -1.01. The van der Waals surface area contributed by atoms with Crippen molar-refractivity contribution in [1.29, 1.82) is 0 Å². The largest absolute Gasteiger partial charge is 0.459 e. The van der Waals surface area contributed by atoms with Gasteiger partial charge in [-0.2, -0.15) is 0 Å². The Morgan fingerprint density at radius 3 is 2.61 bits per heavy atom. The van der Waals surface area contributed by atoms with Crippen LogP contribution in [-0.2, 0) is 9.53 Å². The van der Waals surface area contributed by atoms with Gasteiger partial charge in [0, 0.05) is 0 Å². The number of benzene rings is 1. The van der Waals surface area contributed by atoms with Gasteiger partial charge in [0.15, 0.2) is 0 Å². The maximum atomic E-state index is 11.8. The van der Waals surface area contributed by atoms with Gasteiger partial charge in [-0.3, -0.25) is 0 Å². The fraction of sp³-hybridized carbons (Fsp3) is 0.400. The smallest absolute Gasteiger partial charge is 0.336 e. The molecule has 1 rings (SSSR count). The maximum Gasteiger partial charge on any atom is 0.336 e. The van der Waals surface area contributed by atoms with Crippen molar-refractivity contribution < 1.29 is 14.6 Å². The highest BCUT2D eigenvalue weighted by Crippen LogP contribution is 2.24. The molecule has 0 aliphatic rings. The van der Waals surface area contributed by atoms with Crippen LogP contribution in [-0.4, -0.2) is 17.2 Å². The first-order valence-electron chi connectivity index (χ1n) is 6.10. The zero-order valence-corrected chi connectivity index (χ0v) is 11.1. The first kappa shape index (κ1) is 14.5. The number of carbonyl (C=O) groups is 1. The molecule has 3 heteroatoms. The zero-order valence-electron chi connectivity index (χ0n) is 11.1. The molecule has 0 aliphatic heterocycles. The third-order valence-corrected chi connectivity index (χ3v) is 2.96. The molecule has 0 saturated heterocycles. The molecule has 1 aromatic carbocycles. The standard InChI is InChI=1S/C15H20O3/c1-5-11(3)18-15(17)12(4)14(16)13-9-7-6-8-10(13)2/h6-9,11,14,16H,4-5H2,1-3H3. The highest BCUT2D eigenvalue weighted by atomic mass is 16.5. The lowest BCUT2D eigenvalue weighted by Gasteiger charge is -2.17. The van der Waals surface area contributed by atoms with E-state index < -0.39 is 12.1 Å². The minimum absolute atomic E-state index is 0.0737. The topological polar surface area (TPSA) is 46.5 Å². The van der Waals surface area contributed by atoms with Gasteiger partial charge in [-0.1, -0.05) is 37.8 Å². The molecule has 0 saturated carbocycles. The summed E-state index contributed by atoms with van der Waals surface area (Å²) in [4.78, 5) is 11.8. The Labute approximate surface area is 108 Å². The fourth-order valence-electron chi connectivity index (χ4n) is 1.53. The molecule has 2 unspecified atom stereocenters. The van der Waals surface area contributed by atoms with Crippen LogP contribution in [0, 0.1) is 6.92 Å². The fourth-order valence-corrected chi connectivity index (χ4v) is 1.53. The molecule has 0 spiro atoms. The van der Waals surface area contributed by atoms with Crippen molar-refractivity contribution in [1.82, 2.24) is 0 Å². The third-order valence-electron chi connectivity index (χ3n) is 2.96. The summed E-state index contributed by atoms with van der Waals surface area (Å²) in [6, 6.07) is 7.36. The van der Waals surface area contributed by atoms with E-state index in [2.05, 4.69) is 6.58 Å². The number of aliphatic hydroxyl groups is 1. The summed E-state index contributed by atoms with van der Waals surface area (Å²) in [6.07, 6.45) is -0.444. The lowest BCUT2D eigenvalue weighted by molar-refractivity contribution is -0.144. The summed E-state index contributed by atoms with van der Waals surface area (Å²) >= 11 is 0. The summed E-state index contributed by atoms with van der Waals surface area (Å²) in [5, 5.41) is 10.1. The predicted octanol–water partition coefficient (Wildman–Crippen LogP) is 2.93. The van der Waals surface area contributed by atoms with Gasteiger partial charge in [0.05, 0.1) is 11.7 Å².